The van der Waals surface area contributed by atoms with Gasteiger partial charge in [-0.2, -0.15) is 0 Å². The van der Waals surface area contributed by atoms with E-state index in [-0.39, 0.29) is 5.75 Å². The molecule has 68 valence electrons. The van der Waals surface area contributed by atoms with Gasteiger partial charge in [0.05, 0.1) is 5.75 Å². The molecule has 0 bridgehead atoms. The van der Waals surface area contributed by atoms with Crippen molar-refractivity contribution in [3.63, 3.8) is 0 Å². The molecule has 0 aliphatic heterocycles. The third-order valence-corrected chi connectivity index (χ3v) is 4.07. The molecule has 0 rings (SSSR count). The Morgan fingerprint density at radius 3 is 2.00 bits per heavy atom. The van der Waals surface area contributed by atoms with Crippen molar-refractivity contribution in [3.8, 4) is 0 Å². The lowest BCUT2D eigenvalue weighted by molar-refractivity contribution is 0.596. The van der Waals surface area contributed by atoms with Gasteiger partial charge in [-0.25, -0.2) is 13.6 Å². The Morgan fingerprint density at radius 2 is 1.73 bits per heavy atom. The van der Waals surface area contributed by atoms with Gasteiger partial charge in [0.1, 0.15) is 0 Å². The molecule has 3 nitrogen and oxygen atoms in total. The average Bonchev–Trinajstić information content (AvgIpc) is 1.55. The molecule has 2 N–H and O–H groups in total. The predicted octanol–water partition coefficient (Wildman–Crippen LogP) is 1.00. The molecule has 0 saturated heterocycles. The zero-order valence-corrected chi connectivity index (χ0v) is 9.24. The monoisotopic (exact) mass is 195 g/mol. The van der Waals surface area contributed by atoms with Gasteiger partial charge < -0.3 is 0 Å². The van der Waals surface area contributed by atoms with Crippen molar-refractivity contribution >= 4 is 18.1 Å². The standard InChI is InChI=1S/C6H17NO2SSi/c1-11(2,3)6-4-5-10(7,8)9/h4-6H2,1-3H3,(H2,7,8,9). The van der Waals surface area contributed by atoms with Gasteiger partial charge in [0.2, 0.25) is 10.0 Å². The van der Waals surface area contributed by atoms with E-state index in [1.165, 1.54) is 0 Å². The van der Waals surface area contributed by atoms with Crippen molar-refractivity contribution in [2.24, 2.45) is 5.14 Å². The van der Waals surface area contributed by atoms with Gasteiger partial charge >= 0.3 is 0 Å². The molecule has 0 aromatic heterocycles. The van der Waals surface area contributed by atoms with E-state index >= 15 is 0 Å². The van der Waals surface area contributed by atoms with Crippen molar-refractivity contribution in [1.29, 1.82) is 0 Å². The average molecular weight is 195 g/mol. The topological polar surface area (TPSA) is 60.2 Å². The maximum Gasteiger partial charge on any atom is 0.209 e. The highest BCUT2D eigenvalue weighted by molar-refractivity contribution is 7.89. The molecule has 0 aliphatic rings. The van der Waals surface area contributed by atoms with Gasteiger partial charge in [-0.3, -0.25) is 0 Å². The SMILES string of the molecule is C[Si](C)(C)CCCS(N)(=O)=O. The summed E-state index contributed by atoms with van der Waals surface area (Å²) < 4.78 is 21.0. The Kier molecular flexibility index (Phi) is 3.73. The van der Waals surface area contributed by atoms with Crippen molar-refractivity contribution in [3.05, 3.63) is 0 Å². The van der Waals surface area contributed by atoms with Crippen LogP contribution in [0.15, 0.2) is 0 Å². The van der Waals surface area contributed by atoms with Crippen LogP contribution in [-0.2, 0) is 10.0 Å². The first kappa shape index (κ1) is 11.1. The lowest BCUT2D eigenvalue weighted by Gasteiger charge is -2.14. The van der Waals surface area contributed by atoms with E-state index < -0.39 is 18.1 Å². The Labute approximate surface area is 70.0 Å². The Morgan fingerprint density at radius 1 is 1.27 bits per heavy atom. The predicted molar refractivity (Wildman–Crippen MR) is 50.7 cm³/mol. The fourth-order valence-electron chi connectivity index (χ4n) is 0.804. The smallest absolute Gasteiger partial charge is 0.209 e. The second-order valence-corrected chi connectivity index (χ2v) is 11.4. The first-order chi connectivity index (χ1) is 4.71. The summed E-state index contributed by atoms with van der Waals surface area (Å²) in [6.45, 7) is 6.66. The number of sulfonamides is 1. The van der Waals surface area contributed by atoms with E-state index in [0.29, 0.717) is 6.42 Å². The number of primary sulfonamides is 1. The van der Waals surface area contributed by atoms with Gasteiger partial charge in [0, 0.05) is 8.07 Å². The fourth-order valence-corrected chi connectivity index (χ4v) is 2.84. The normalized spacial score (nSPS) is 13.5. The largest absolute Gasteiger partial charge is 0.229 e. The highest BCUT2D eigenvalue weighted by atomic mass is 32.2. The summed E-state index contributed by atoms with van der Waals surface area (Å²) in [7, 11) is -4.30. The first-order valence-corrected chi connectivity index (χ1v) is 9.13. The maximum absolute atomic E-state index is 10.5. The van der Waals surface area contributed by atoms with Crippen molar-refractivity contribution < 1.29 is 8.42 Å². The lowest BCUT2D eigenvalue weighted by Crippen LogP contribution is -2.22. The molecule has 0 heterocycles. The van der Waals surface area contributed by atoms with Crippen LogP contribution in [0.1, 0.15) is 6.42 Å². The molecule has 0 spiro atoms. The van der Waals surface area contributed by atoms with Crippen molar-refractivity contribution in [2.45, 2.75) is 32.1 Å². The van der Waals surface area contributed by atoms with E-state index in [1.54, 1.807) is 0 Å². The molecule has 0 aliphatic carbocycles. The lowest BCUT2D eigenvalue weighted by atomic mass is 10.6. The molecular weight excluding hydrogens is 178 g/mol. The molecule has 0 radical (unpaired) electrons. The van der Waals surface area contributed by atoms with Gasteiger partial charge in [0.25, 0.3) is 0 Å². The Hall–Kier alpha value is 0.127. The van der Waals surface area contributed by atoms with Crippen LogP contribution in [0, 0.1) is 0 Å². The summed E-state index contributed by atoms with van der Waals surface area (Å²) in [5.74, 6) is 0.136. The van der Waals surface area contributed by atoms with Crippen LogP contribution in [0.25, 0.3) is 0 Å². The number of hydrogen-bond donors (Lipinski definition) is 1. The molecule has 0 aromatic carbocycles. The van der Waals surface area contributed by atoms with E-state index in [9.17, 15) is 8.42 Å². The van der Waals surface area contributed by atoms with Crippen LogP contribution in [0.4, 0.5) is 0 Å². The molecule has 5 heteroatoms. The molecule has 11 heavy (non-hydrogen) atoms. The van der Waals surface area contributed by atoms with E-state index in [1.807, 2.05) is 0 Å². The third-order valence-electron chi connectivity index (χ3n) is 1.36. The van der Waals surface area contributed by atoms with Gasteiger partial charge in [-0.05, 0) is 6.42 Å². The zero-order chi connectivity index (χ0) is 9.12. The minimum absolute atomic E-state index is 0.136. The minimum Gasteiger partial charge on any atom is -0.229 e. The molecule has 0 saturated carbocycles. The minimum atomic E-state index is -3.22. The molecule has 0 atom stereocenters. The van der Waals surface area contributed by atoms with Crippen LogP contribution >= 0.6 is 0 Å². The molecule has 0 amide bonds. The second-order valence-electron chi connectivity index (χ2n) is 4.03. The summed E-state index contributed by atoms with van der Waals surface area (Å²) in [5, 5.41) is 4.85. The number of rotatable bonds is 4. The third kappa shape index (κ3) is 10.1. The second kappa shape index (κ2) is 3.69. The summed E-state index contributed by atoms with van der Waals surface area (Å²) in [6, 6.07) is 1.03. The molecule has 0 aromatic rings. The molecule has 0 unspecified atom stereocenters. The van der Waals surface area contributed by atoms with Crippen molar-refractivity contribution in [2.75, 3.05) is 5.75 Å². The van der Waals surface area contributed by atoms with Crippen LogP contribution in [0.3, 0.4) is 0 Å². The Bertz CT molecular complexity index is 205. The van der Waals surface area contributed by atoms with Gasteiger partial charge in [-0.15, -0.1) is 0 Å². The summed E-state index contributed by atoms with van der Waals surface area (Å²) in [5.41, 5.74) is 0. The zero-order valence-electron chi connectivity index (χ0n) is 7.42. The number of nitrogens with two attached hydrogens (primary N) is 1. The molecular formula is C6H17NO2SSi. The van der Waals surface area contributed by atoms with Gasteiger partial charge in [0.15, 0.2) is 0 Å². The Balaban J connectivity index is 3.61. The van der Waals surface area contributed by atoms with Crippen molar-refractivity contribution in [1.82, 2.24) is 0 Å². The van der Waals surface area contributed by atoms with E-state index in [0.717, 1.165) is 6.04 Å². The summed E-state index contributed by atoms with van der Waals surface area (Å²) in [4.78, 5) is 0. The van der Waals surface area contributed by atoms with E-state index in [4.69, 9.17) is 5.14 Å². The summed E-state index contributed by atoms with van der Waals surface area (Å²) >= 11 is 0. The quantitative estimate of drug-likeness (QED) is 0.680. The van der Waals surface area contributed by atoms with Gasteiger partial charge in [-0.1, -0.05) is 25.7 Å². The van der Waals surface area contributed by atoms with Crippen LogP contribution in [0.2, 0.25) is 25.7 Å². The summed E-state index contributed by atoms with van der Waals surface area (Å²) in [6.07, 6.45) is 0.717. The number of hydrogen-bond acceptors (Lipinski definition) is 2. The maximum atomic E-state index is 10.5. The van der Waals surface area contributed by atoms with Crippen LogP contribution in [-0.4, -0.2) is 22.2 Å². The fraction of sp³-hybridized carbons (Fsp3) is 1.00. The highest BCUT2D eigenvalue weighted by Gasteiger charge is 2.13. The van der Waals surface area contributed by atoms with Crippen LogP contribution < -0.4 is 5.14 Å². The molecule has 0 fully saturated rings. The highest BCUT2D eigenvalue weighted by Crippen LogP contribution is 2.10. The first-order valence-electron chi connectivity index (χ1n) is 3.71. The van der Waals surface area contributed by atoms with E-state index in [2.05, 4.69) is 19.6 Å². The van der Waals surface area contributed by atoms with Crippen LogP contribution in [0.5, 0.6) is 0 Å².